The van der Waals surface area contributed by atoms with E-state index in [4.69, 9.17) is 0 Å². The highest BCUT2D eigenvalue weighted by Crippen LogP contribution is 2.27. The number of sulfonamides is 1. The molecule has 2 aromatic rings. The SMILES string of the molecule is Cc1ccc(NS(=O)(=O)c2ccsc2C(=O)N2CCC(N(C)C)CC2)cc1. The molecule has 0 atom stereocenters. The molecule has 3 rings (SSSR count). The molecule has 0 radical (unpaired) electrons. The van der Waals surface area contributed by atoms with Gasteiger partial charge in [-0.2, -0.15) is 0 Å². The zero-order chi connectivity index (χ0) is 19.6. The number of benzene rings is 1. The number of carbonyl (C=O) groups is 1. The summed E-state index contributed by atoms with van der Waals surface area (Å²) < 4.78 is 28.2. The lowest BCUT2D eigenvalue weighted by atomic mass is 10.0. The lowest BCUT2D eigenvalue weighted by molar-refractivity contribution is 0.0664. The van der Waals surface area contributed by atoms with Crippen LogP contribution in [0.25, 0.3) is 0 Å². The zero-order valence-corrected chi connectivity index (χ0v) is 17.4. The summed E-state index contributed by atoms with van der Waals surface area (Å²) in [5.41, 5.74) is 1.53. The molecule has 0 spiro atoms. The molecule has 1 saturated heterocycles. The third-order valence-corrected chi connectivity index (χ3v) is 7.35. The van der Waals surface area contributed by atoms with E-state index < -0.39 is 10.0 Å². The van der Waals surface area contributed by atoms with E-state index in [1.54, 1.807) is 22.4 Å². The number of amides is 1. The first-order chi connectivity index (χ1) is 12.8. The van der Waals surface area contributed by atoms with E-state index in [0.717, 1.165) is 18.4 Å². The Hall–Kier alpha value is -1.90. The molecule has 1 N–H and O–H groups in total. The Morgan fingerprint density at radius 2 is 1.78 bits per heavy atom. The number of hydrogen-bond donors (Lipinski definition) is 1. The molecule has 1 fully saturated rings. The molecule has 6 nitrogen and oxygen atoms in total. The maximum Gasteiger partial charge on any atom is 0.265 e. The van der Waals surface area contributed by atoms with E-state index in [1.165, 1.54) is 17.4 Å². The van der Waals surface area contributed by atoms with Gasteiger partial charge in [-0.15, -0.1) is 11.3 Å². The summed E-state index contributed by atoms with van der Waals surface area (Å²) in [4.78, 5) is 17.2. The normalized spacial score (nSPS) is 15.9. The van der Waals surface area contributed by atoms with Gasteiger partial charge in [0.1, 0.15) is 9.77 Å². The first-order valence-electron chi connectivity index (χ1n) is 8.90. The van der Waals surface area contributed by atoms with Gasteiger partial charge in [0, 0.05) is 24.8 Å². The second-order valence-electron chi connectivity index (χ2n) is 7.07. The molecule has 0 unspecified atom stereocenters. The summed E-state index contributed by atoms with van der Waals surface area (Å²) >= 11 is 1.18. The fraction of sp³-hybridized carbons (Fsp3) is 0.421. The highest BCUT2D eigenvalue weighted by Gasteiger charge is 2.30. The number of rotatable bonds is 5. The summed E-state index contributed by atoms with van der Waals surface area (Å²) in [6.45, 7) is 3.22. The first kappa shape index (κ1) is 19.9. The van der Waals surface area contributed by atoms with Crippen LogP contribution < -0.4 is 4.72 Å². The molecule has 0 aliphatic carbocycles. The number of likely N-dealkylation sites (tertiary alicyclic amines) is 1. The van der Waals surface area contributed by atoms with Crippen molar-refractivity contribution in [3.8, 4) is 0 Å². The van der Waals surface area contributed by atoms with E-state index in [9.17, 15) is 13.2 Å². The van der Waals surface area contributed by atoms with E-state index in [-0.39, 0.29) is 15.7 Å². The van der Waals surface area contributed by atoms with Crippen LogP contribution in [-0.2, 0) is 10.0 Å². The average molecular weight is 408 g/mol. The van der Waals surface area contributed by atoms with Crippen LogP contribution in [0.2, 0.25) is 0 Å². The summed E-state index contributed by atoms with van der Waals surface area (Å²) in [6, 6.07) is 9.07. The van der Waals surface area contributed by atoms with Crippen LogP contribution in [0.4, 0.5) is 5.69 Å². The monoisotopic (exact) mass is 407 g/mol. The van der Waals surface area contributed by atoms with Crippen molar-refractivity contribution >= 4 is 33.0 Å². The third kappa shape index (κ3) is 4.51. The van der Waals surface area contributed by atoms with Gasteiger partial charge in [-0.3, -0.25) is 9.52 Å². The topological polar surface area (TPSA) is 69.7 Å². The lowest BCUT2D eigenvalue weighted by Gasteiger charge is -2.35. The second kappa shape index (κ2) is 8.00. The maximum atomic E-state index is 12.9. The van der Waals surface area contributed by atoms with Gasteiger partial charge in [-0.1, -0.05) is 17.7 Å². The van der Waals surface area contributed by atoms with Crippen LogP contribution >= 0.6 is 11.3 Å². The fourth-order valence-electron chi connectivity index (χ4n) is 3.23. The number of aryl methyl sites for hydroxylation is 1. The number of carbonyl (C=O) groups excluding carboxylic acids is 1. The molecule has 1 aromatic carbocycles. The minimum atomic E-state index is -3.82. The van der Waals surface area contributed by atoms with Crippen molar-refractivity contribution in [3.63, 3.8) is 0 Å². The Morgan fingerprint density at radius 1 is 1.15 bits per heavy atom. The highest BCUT2D eigenvalue weighted by molar-refractivity contribution is 7.93. The smallest absolute Gasteiger partial charge is 0.265 e. The Kier molecular flexibility index (Phi) is 5.88. The van der Waals surface area contributed by atoms with Crippen molar-refractivity contribution in [1.82, 2.24) is 9.80 Å². The van der Waals surface area contributed by atoms with Crippen molar-refractivity contribution in [2.24, 2.45) is 0 Å². The van der Waals surface area contributed by atoms with Gasteiger partial charge in [-0.05, 0) is 57.4 Å². The standard InChI is InChI=1S/C19H25N3O3S2/c1-14-4-6-15(7-5-14)20-27(24,25)17-10-13-26-18(17)19(23)22-11-8-16(9-12-22)21(2)3/h4-7,10,13,16,20H,8-9,11-12H2,1-3H3. The van der Waals surface area contributed by atoms with Crippen LogP contribution in [0.5, 0.6) is 0 Å². The lowest BCUT2D eigenvalue weighted by Crippen LogP contribution is -2.44. The predicted molar refractivity (Wildman–Crippen MR) is 109 cm³/mol. The molecule has 1 aliphatic rings. The van der Waals surface area contributed by atoms with Crippen LogP contribution in [0, 0.1) is 6.92 Å². The second-order valence-corrected chi connectivity index (χ2v) is 9.64. The molecule has 2 heterocycles. The van der Waals surface area contributed by atoms with Gasteiger partial charge in [0.2, 0.25) is 0 Å². The molecule has 0 bridgehead atoms. The van der Waals surface area contributed by atoms with E-state index in [0.29, 0.717) is 24.8 Å². The summed E-state index contributed by atoms with van der Waals surface area (Å²) in [5.74, 6) is -0.202. The minimum absolute atomic E-state index is 0.0489. The molecule has 1 amide bonds. The van der Waals surface area contributed by atoms with Crippen molar-refractivity contribution in [1.29, 1.82) is 0 Å². The van der Waals surface area contributed by atoms with Crippen molar-refractivity contribution in [2.75, 3.05) is 31.9 Å². The Balaban J connectivity index is 1.77. The van der Waals surface area contributed by atoms with Gasteiger partial charge < -0.3 is 9.80 Å². The fourth-order valence-corrected chi connectivity index (χ4v) is 5.67. The first-order valence-corrected chi connectivity index (χ1v) is 11.3. The van der Waals surface area contributed by atoms with E-state index in [2.05, 4.69) is 9.62 Å². The van der Waals surface area contributed by atoms with E-state index >= 15 is 0 Å². The number of anilines is 1. The Bertz CT molecular complexity index is 897. The van der Waals surface area contributed by atoms with Crippen molar-refractivity contribution in [2.45, 2.75) is 30.7 Å². The molecule has 0 saturated carbocycles. The van der Waals surface area contributed by atoms with Gasteiger partial charge in [0.05, 0.1) is 0 Å². The number of nitrogens with one attached hydrogen (secondary N) is 1. The van der Waals surface area contributed by atoms with Crippen molar-refractivity contribution in [3.05, 3.63) is 46.2 Å². The van der Waals surface area contributed by atoms with Crippen LogP contribution in [0.15, 0.2) is 40.6 Å². The van der Waals surface area contributed by atoms with Gasteiger partial charge in [-0.25, -0.2) is 8.42 Å². The Labute approximate surface area is 164 Å². The van der Waals surface area contributed by atoms with Gasteiger partial charge >= 0.3 is 0 Å². The summed E-state index contributed by atoms with van der Waals surface area (Å²) in [5, 5.41) is 1.66. The van der Waals surface area contributed by atoms with Crippen LogP contribution in [-0.4, -0.2) is 57.4 Å². The zero-order valence-electron chi connectivity index (χ0n) is 15.8. The minimum Gasteiger partial charge on any atom is -0.338 e. The van der Waals surface area contributed by atoms with Crippen molar-refractivity contribution < 1.29 is 13.2 Å². The maximum absolute atomic E-state index is 12.9. The number of hydrogen-bond acceptors (Lipinski definition) is 5. The quantitative estimate of drug-likeness (QED) is 0.827. The van der Waals surface area contributed by atoms with Gasteiger partial charge in [0.25, 0.3) is 15.9 Å². The highest BCUT2D eigenvalue weighted by atomic mass is 32.2. The van der Waals surface area contributed by atoms with E-state index in [1.807, 2.05) is 33.2 Å². The molecular weight excluding hydrogens is 382 g/mol. The van der Waals surface area contributed by atoms with Crippen LogP contribution in [0.3, 0.4) is 0 Å². The molecular formula is C19H25N3O3S2. The predicted octanol–water partition coefficient (Wildman–Crippen LogP) is 3.02. The number of thiophene rings is 1. The van der Waals surface area contributed by atoms with Crippen LogP contribution in [0.1, 0.15) is 28.1 Å². The molecule has 1 aliphatic heterocycles. The summed E-state index contributed by atoms with van der Waals surface area (Å²) in [6.07, 6.45) is 1.79. The number of nitrogens with zero attached hydrogens (tertiary/aromatic N) is 2. The summed E-state index contributed by atoms with van der Waals surface area (Å²) in [7, 11) is 0.272. The van der Waals surface area contributed by atoms with Gasteiger partial charge in [0.15, 0.2) is 0 Å². The third-order valence-electron chi connectivity index (χ3n) is 4.90. The molecule has 146 valence electrons. The number of piperidine rings is 1. The largest absolute Gasteiger partial charge is 0.338 e. The molecule has 1 aromatic heterocycles. The Morgan fingerprint density at radius 3 is 2.37 bits per heavy atom. The molecule has 27 heavy (non-hydrogen) atoms. The average Bonchev–Trinajstić information content (AvgIpc) is 3.14. The molecule has 8 heteroatoms.